The van der Waals surface area contributed by atoms with Crippen molar-refractivity contribution >= 4 is 17.0 Å². The van der Waals surface area contributed by atoms with Crippen molar-refractivity contribution in [1.82, 2.24) is 5.32 Å². The molecule has 0 aliphatic carbocycles. The van der Waals surface area contributed by atoms with Crippen LogP contribution in [0.2, 0.25) is 0 Å². The molecule has 0 radical (unpaired) electrons. The zero-order valence-corrected chi connectivity index (χ0v) is 6.90. The second kappa shape index (κ2) is 10.4. The molecule has 0 saturated carbocycles. The van der Waals surface area contributed by atoms with Crippen LogP contribution in [-0.2, 0) is 0 Å². The van der Waals surface area contributed by atoms with Crippen LogP contribution in [0.25, 0.3) is 0 Å². The Balaban J connectivity index is 0. The van der Waals surface area contributed by atoms with Gasteiger partial charge in [0.05, 0.1) is 6.61 Å². The molecule has 0 amide bonds. The summed E-state index contributed by atoms with van der Waals surface area (Å²) in [6, 6.07) is 0. The summed E-state index contributed by atoms with van der Waals surface area (Å²) in [6.45, 7) is 4.10. The van der Waals surface area contributed by atoms with Crippen molar-refractivity contribution in [3.8, 4) is 0 Å². The van der Waals surface area contributed by atoms with Gasteiger partial charge in [0.15, 0.2) is 0 Å². The van der Waals surface area contributed by atoms with E-state index in [4.69, 9.17) is 5.11 Å². The van der Waals surface area contributed by atoms with Crippen molar-refractivity contribution in [2.45, 2.75) is 13.3 Å². The van der Waals surface area contributed by atoms with Crippen molar-refractivity contribution in [3.63, 3.8) is 0 Å². The molecule has 0 rings (SSSR count). The molecule has 0 heterocycles. The van der Waals surface area contributed by atoms with Crippen molar-refractivity contribution in [2.75, 3.05) is 19.7 Å². The topological polar surface area (TPSA) is 32.3 Å². The largest absolute Gasteiger partial charge is 0.395 e. The molecule has 2 nitrogen and oxygen atoms in total. The second-order valence-electron chi connectivity index (χ2n) is 1.47. The third kappa shape index (κ3) is 9.64. The van der Waals surface area contributed by atoms with Gasteiger partial charge in [0, 0.05) is 6.54 Å². The first-order valence-electron chi connectivity index (χ1n) is 2.73. The molecule has 0 atom stereocenters. The van der Waals surface area contributed by atoms with Gasteiger partial charge in [-0.15, -0.1) is 17.0 Å². The highest BCUT2D eigenvalue weighted by molar-refractivity contribution is 8.93. The molecule has 0 spiro atoms. The standard InChI is InChI=1S/C5H13NO.BrH/c1-2-3-6-4-5-7;/h6-7H,2-5H2,1H3;1H. The summed E-state index contributed by atoms with van der Waals surface area (Å²) in [4.78, 5) is 0. The smallest absolute Gasteiger partial charge is 0.0555 e. The highest BCUT2D eigenvalue weighted by atomic mass is 79.9. The third-order valence-corrected chi connectivity index (χ3v) is 0.715. The Morgan fingerprint density at radius 2 is 2.00 bits per heavy atom. The van der Waals surface area contributed by atoms with E-state index < -0.39 is 0 Å². The van der Waals surface area contributed by atoms with E-state index in [1.807, 2.05) is 0 Å². The molecular formula is C5H14BrNO. The lowest BCUT2D eigenvalue weighted by molar-refractivity contribution is 0.292. The molecular weight excluding hydrogens is 170 g/mol. The minimum absolute atomic E-state index is 0. The number of aliphatic hydroxyl groups is 1. The van der Waals surface area contributed by atoms with Crippen LogP contribution in [0.5, 0.6) is 0 Å². The summed E-state index contributed by atoms with van der Waals surface area (Å²) < 4.78 is 0. The fourth-order valence-corrected chi connectivity index (χ4v) is 0.381. The lowest BCUT2D eigenvalue weighted by atomic mass is 10.5. The van der Waals surface area contributed by atoms with E-state index in [-0.39, 0.29) is 23.6 Å². The van der Waals surface area contributed by atoms with Gasteiger partial charge >= 0.3 is 0 Å². The maximum atomic E-state index is 8.23. The van der Waals surface area contributed by atoms with Crippen LogP contribution in [0.1, 0.15) is 13.3 Å². The second-order valence-corrected chi connectivity index (χ2v) is 1.47. The first-order valence-corrected chi connectivity index (χ1v) is 2.73. The molecule has 0 saturated heterocycles. The number of aliphatic hydroxyl groups excluding tert-OH is 1. The van der Waals surface area contributed by atoms with E-state index in [1.165, 1.54) is 0 Å². The van der Waals surface area contributed by atoms with Crippen molar-refractivity contribution in [3.05, 3.63) is 0 Å². The van der Waals surface area contributed by atoms with Crippen LogP contribution in [0.3, 0.4) is 0 Å². The van der Waals surface area contributed by atoms with E-state index in [0.29, 0.717) is 0 Å². The van der Waals surface area contributed by atoms with Gasteiger partial charge in [-0.2, -0.15) is 0 Å². The zero-order chi connectivity index (χ0) is 5.54. The maximum Gasteiger partial charge on any atom is 0.0555 e. The fraction of sp³-hybridized carbons (Fsp3) is 1.00. The van der Waals surface area contributed by atoms with Crippen LogP contribution >= 0.6 is 17.0 Å². The van der Waals surface area contributed by atoms with Gasteiger partial charge in [0.1, 0.15) is 0 Å². The number of rotatable bonds is 4. The van der Waals surface area contributed by atoms with Crippen LogP contribution in [-0.4, -0.2) is 24.8 Å². The van der Waals surface area contributed by atoms with E-state index in [0.717, 1.165) is 19.5 Å². The Labute approximate surface area is 61.1 Å². The van der Waals surface area contributed by atoms with Gasteiger partial charge in [0.2, 0.25) is 0 Å². The molecule has 0 aromatic rings. The van der Waals surface area contributed by atoms with Crippen LogP contribution in [0.15, 0.2) is 0 Å². The van der Waals surface area contributed by atoms with Crippen molar-refractivity contribution < 1.29 is 5.11 Å². The van der Waals surface area contributed by atoms with Gasteiger partial charge in [-0.05, 0) is 13.0 Å². The Morgan fingerprint density at radius 1 is 1.38 bits per heavy atom. The number of hydrogen-bond acceptors (Lipinski definition) is 2. The molecule has 8 heavy (non-hydrogen) atoms. The highest BCUT2D eigenvalue weighted by Gasteiger charge is 1.77. The Bertz CT molecular complexity index is 31.6. The quantitative estimate of drug-likeness (QED) is 0.625. The average molecular weight is 184 g/mol. The van der Waals surface area contributed by atoms with E-state index in [2.05, 4.69) is 12.2 Å². The molecule has 52 valence electrons. The average Bonchev–Trinajstić information content (AvgIpc) is 1.69. The van der Waals surface area contributed by atoms with E-state index >= 15 is 0 Å². The Kier molecular flexibility index (Phi) is 14.6. The Morgan fingerprint density at radius 3 is 2.38 bits per heavy atom. The fourth-order valence-electron chi connectivity index (χ4n) is 0.381. The SMILES string of the molecule is Br.CCCNCCO. The van der Waals surface area contributed by atoms with Crippen LogP contribution in [0.4, 0.5) is 0 Å². The molecule has 0 unspecified atom stereocenters. The lowest BCUT2D eigenvalue weighted by Gasteiger charge is -1.95. The Hall–Kier alpha value is 0.400. The van der Waals surface area contributed by atoms with Crippen molar-refractivity contribution in [1.29, 1.82) is 0 Å². The molecule has 0 bridgehead atoms. The summed E-state index contributed by atoms with van der Waals surface area (Å²) in [5.41, 5.74) is 0. The number of hydrogen-bond donors (Lipinski definition) is 2. The van der Waals surface area contributed by atoms with Gasteiger partial charge in [-0.1, -0.05) is 6.92 Å². The number of nitrogens with one attached hydrogen (secondary N) is 1. The minimum atomic E-state index is 0. The summed E-state index contributed by atoms with van der Waals surface area (Å²) in [5, 5.41) is 11.3. The molecule has 2 N–H and O–H groups in total. The van der Waals surface area contributed by atoms with Crippen LogP contribution in [0, 0.1) is 0 Å². The predicted octanol–water partition coefficient (Wildman–Crippen LogP) is 0.556. The molecule has 0 fully saturated rings. The van der Waals surface area contributed by atoms with Gasteiger partial charge < -0.3 is 10.4 Å². The molecule has 0 aliphatic rings. The predicted molar refractivity (Wildman–Crippen MR) is 40.6 cm³/mol. The molecule has 3 heteroatoms. The van der Waals surface area contributed by atoms with Gasteiger partial charge in [-0.3, -0.25) is 0 Å². The van der Waals surface area contributed by atoms with E-state index in [1.54, 1.807) is 0 Å². The first-order chi connectivity index (χ1) is 3.41. The first kappa shape index (κ1) is 11.2. The summed E-state index contributed by atoms with van der Waals surface area (Å²) in [5.74, 6) is 0. The molecule has 0 aromatic carbocycles. The van der Waals surface area contributed by atoms with Crippen molar-refractivity contribution in [2.24, 2.45) is 0 Å². The molecule has 0 aliphatic heterocycles. The minimum Gasteiger partial charge on any atom is -0.395 e. The monoisotopic (exact) mass is 183 g/mol. The maximum absolute atomic E-state index is 8.23. The summed E-state index contributed by atoms with van der Waals surface area (Å²) >= 11 is 0. The van der Waals surface area contributed by atoms with Gasteiger partial charge in [0.25, 0.3) is 0 Å². The summed E-state index contributed by atoms with van der Waals surface area (Å²) in [7, 11) is 0. The number of halogens is 1. The zero-order valence-electron chi connectivity index (χ0n) is 5.18. The van der Waals surface area contributed by atoms with Gasteiger partial charge in [-0.25, -0.2) is 0 Å². The highest BCUT2D eigenvalue weighted by Crippen LogP contribution is 1.66. The van der Waals surface area contributed by atoms with Crippen LogP contribution < -0.4 is 5.32 Å². The summed E-state index contributed by atoms with van der Waals surface area (Å²) in [6.07, 6.45) is 1.14. The normalized spacial score (nSPS) is 8.25. The third-order valence-electron chi connectivity index (χ3n) is 0.715. The lowest BCUT2D eigenvalue weighted by Crippen LogP contribution is -2.18. The molecule has 0 aromatic heterocycles. The van der Waals surface area contributed by atoms with E-state index in [9.17, 15) is 0 Å².